The third-order valence-corrected chi connectivity index (χ3v) is 2.38. The number of aliphatic hydroxyl groups is 1. The van der Waals surface area contributed by atoms with Crippen molar-refractivity contribution in [3.05, 3.63) is 0 Å². The summed E-state index contributed by atoms with van der Waals surface area (Å²) in [5.41, 5.74) is -0.383. The Hall–Kier alpha value is -0.0800. The molecular weight excluding hydrogens is 150 g/mol. The Morgan fingerprint density at radius 2 is 1.67 bits per heavy atom. The predicted octanol–water partition coefficient (Wildman–Crippen LogP) is 1.88. The van der Waals surface area contributed by atoms with E-state index in [0.717, 1.165) is 32.5 Å². The van der Waals surface area contributed by atoms with E-state index in [1.165, 1.54) is 0 Å². The van der Waals surface area contributed by atoms with Crippen molar-refractivity contribution < 1.29 is 5.11 Å². The minimum Gasteiger partial charge on any atom is -0.390 e. The van der Waals surface area contributed by atoms with Gasteiger partial charge >= 0.3 is 0 Å². The third-order valence-electron chi connectivity index (χ3n) is 2.38. The van der Waals surface area contributed by atoms with Crippen LogP contribution in [0.15, 0.2) is 0 Å². The van der Waals surface area contributed by atoms with Gasteiger partial charge in [-0.25, -0.2) is 0 Å². The highest BCUT2D eigenvalue weighted by molar-refractivity contribution is 4.80. The van der Waals surface area contributed by atoms with Crippen LogP contribution in [0.4, 0.5) is 0 Å². The van der Waals surface area contributed by atoms with E-state index < -0.39 is 0 Å². The maximum Gasteiger partial charge on any atom is 0.0644 e. The maximum atomic E-state index is 9.56. The second-order valence-electron chi connectivity index (χ2n) is 3.43. The van der Waals surface area contributed by atoms with Gasteiger partial charge in [-0.05, 0) is 26.3 Å². The van der Waals surface area contributed by atoms with Gasteiger partial charge in [0.2, 0.25) is 0 Å². The molecule has 0 bridgehead atoms. The number of hydrogen-bond acceptors (Lipinski definition) is 2. The number of nitrogens with zero attached hydrogens (tertiary/aromatic N) is 1. The first kappa shape index (κ1) is 11.9. The fourth-order valence-electron chi connectivity index (χ4n) is 1.35. The zero-order valence-electron chi connectivity index (χ0n) is 8.93. The van der Waals surface area contributed by atoms with E-state index in [9.17, 15) is 5.11 Å². The van der Waals surface area contributed by atoms with Crippen LogP contribution < -0.4 is 0 Å². The number of rotatable bonds is 1. The standard InChI is InChI=1S/C8H17NO.C2H6/c1-3-9-6-4-8(2,10)5-7-9;1-2/h10H,3-7H2,1-2H3;1-2H3. The molecule has 1 rings (SSSR count). The summed E-state index contributed by atoms with van der Waals surface area (Å²) in [6.07, 6.45) is 1.86. The molecule has 1 N–H and O–H groups in total. The minimum atomic E-state index is -0.383. The number of hydrogen-bond donors (Lipinski definition) is 1. The van der Waals surface area contributed by atoms with Crippen LogP contribution in [-0.2, 0) is 0 Å². The Bertz CT molecular complexity index is 102. The van der Waals surface area contributed by atoms with Crippen LogP contribution in [0, 0.1) is 0 Å². The summed E-state index contributed by atoms with van der Waals surface area (Å²) in [6, 6.07) is 0. The highest BCUT2D eigenvalue weighted by Crippen LogP contribution is 2.20. The van der Waals surface area contributed by atoms with E-state index in [-0.39, 0.29) is 5.60 Å². The van der Waals surface area contributed by atoms with Gasteiger partial charge in [-0.1, -0.05) is 20.8 Å². The maximum absolute atomic E-state index is 9.56. The molecule has 0 amide bonds. The van der Waals surface area contributed by atoms with Crippen molar-refractivity contribution in [3.63, 3.8) is 0 Å². The molecule has 0 aromatic carbocycles. The van der Waals surface area contributed by atoms with Crippen LogP contribution >= 0.6 is 0 Å². The Kier molecular flexibility index (Phi) is 5.51. The number of likely N-dealkylation sites (tertiary alicyclic amines) is 1. The average molecular weight is 173 g/mol. The summed E-state index contributed by atoms with van der Waals surface area (Å²) in [6.45, 7) is 11.3. The molecule has 0 saturated carbocycles. The fourth-order valence-corrected chi connectivity index (χ4v) is 1.35. The average Bonchev–Trinajstić information content (AvgIpc) is 2.08. The van der Waals surface area contributed by atoms with Crippen LogP contribution in [0.5, 0.6) is 0 Å². The smallest absolute Gasteiger partial charge is 0.0644 e. The SMILES string of the molecule is CC.CCN1CCC(C)(O)CC1. The van der Waals surface area contributed by atoms with Crippen molar-refractivity contribution in [1.29, 1.82) is 0 Å². The minimum absolute atomic E-state index is 0.383. The first-order valence-electron chi connectivity index (χ1n) is 5.09. The van der Waals surface area contributed by atoms with Gasteiger partial charge in [0.1, 0.15) is 0 Å². The van der Waals surface area contributed by atoms with Crippen LogP contribution in [-0.4, -0.2) is 35.2 Å². The molecule has 2 heteroatoms. The van der Waals surface area contributed by atoms with E-state index in [1.54, 1.807) is 0 Å². The Labute approximate surface area is 76.6 Å². The molecule has 12 heavy (non-hydrogen) atoms. The zero-order chi connectivity index (χ0) is 9.61. The molecule has 0 atom stereocenters. The first-order valence-corrected chi connectivity index (χ1v) is 5.09. The normalized spacial score (nSPS) is 22.8. The van der Waals surface area contributed by atoms with Gasteiger partial charge in [-0.2, -0.15) is 0 Å². The van der Waals surface area contributed by atoms with Gasteiger partial charge in [0.15, 0.2) is 0 Å². The summed E-state index contributed by atoms with van der Waals surface area (Å²) in [5.74, 6) is 0. The molecule has 1 fully saturated rings. The molecule has 0 aromatic heterocycles. The van der Waals surface area contributed by atoms with Gasteiger partial charge in [-0.15, -0.1) is 0 Å². The second-order valence-corrected chi connectivity index (χ2v) is 3.43. The highest BCUT2D eigenvalue weighted by atomic mass is 16.3. The van der Waals surface area contributed by atoms with Crippen LogP contribution in [0.3, 0.4) is 0 Å². The van der Waals surface area contributed by atoms with Gasteiger partial charge in [0.05, 0.1) is 5.60 Å². The summed E-state index contributed by atoms with van der Waals surface area (Å²) < 4.78 is 0. The highest BCUT2D eigenvalue weighted by Gasteiger charge is 2.25. The summed E-state index contributed by atoms with van der Waals surface area (Å²) in [4.78, 5) is 2.37. The zero-order valence-corrected chi connectivity index (χ0v) is 8.93. The van der Waals surface area contributed by atoms with Crippen molar-refractivity contribution in [2.75, 3.05) is 19.6 Å². The molecule has 2 nitrogen and oxygen atoms in total. The Morgan fingerprint density at radius 1 is 1.25 bits per heavy atom. The van der Waals surface area contributed by atoms with Gasteiger partial charge in [0.25, 0.3) is 0 Å². The van der Waals surface area contributed by atoms with E-state index in [0.29, 0.717) is 0 Å². The molecular formula is C10H23NO. The Morgan fingerprint density at radius 3 is 2.00 bits per heavy atom. The predicted molar refractivity (Wildman–Crippen MR) is 53.3 cm³/mol. The van der Waals surface area contributed by atoms with Gasteiger partial charge < -0.3 is 10.0 Å². The molecule has 0 spiro atoms. The quantitative estimate of drug-likeness (QED) is 0.654. The molecule has 1 heterocycles. The van der Waals surface area contributed by atoms with Crippen molar-refractivity contribution >= 4 is 0 Å². The first-order chi connectivity index (χ1) is 5.64. The molecule has 1 saturated heterocycles. The topological polar surface area (TPSA) is 23.5 Å². The largest absolute Gasteiger partial charge is 0.390 e. The Balaban J connectivity index is 0.000000561. The van der Waals surface area contributed by atoms with Gasteiger partial charge in [0, 0.05) is 13.1 Å². The molecule has 74 valence electrons. The molecule has 1 aliphatic heterocycles. The molecule has 0 radical (unpaired) electrons. The fraction of sp³-hybridized carbons (Fsp3) is 1.00. The molecule has 0 unspecified atom stereocenters. The van der Waals surface area contributed by atoms with Crippen molar-refractivity contribution in [1.82, 2.24) is 4.90 Å². The molecule has 0 aromatic rings. The van der Waals surface area contributed by atoms with E-state index in [1.807, 2.05) is 20.8 Å². The van der Waals surface area contributed by atoms with Crippen molar-refractivity contribution in [2.24, 2.45) is 0 Å². The summed E-state index contributed by atoms with van der Waals surface area (Å²) in [7, 11) is 0. The van der Waals surface area contributed by atoms with E-state index in [4.69, 9.17) is 0 Å². The summed E-state index contributed by atoms with van der Waals surface area (Å²) in [5, 5.41) is 9.56. The van der Waals surface area contributed by atoms with E-state index >= 15 is 0 Å². The summed E-state index contributed by atoms with van der Waals surface area (Å²) >= 11 is 0. The lowest BCUT2D eigenvalue weighted by atomic mass is 9.94. The van der Waals surface area contributed by atoms with Crippen LogP contribution in [0.2, 0.25) is 0 Å². The van der Waals surface area contributed by atoms with Gasteiger partial charge in [-0.3, -0.25) is 0 Å². The molecule has 1 aliphatic rings. The van der Waals surface area contributed by atoms with Crippen molar-refractivity contribution in [2.45, 2.75) is 46.1 Å². The third kappa shape index (κ3) is 4.07. The molecule has 0 aliphatic carbocycles. The lowest BCUT2D eigenvalue weighted by Gasteiger charge is -2.34. The monoisotopic (exact) mass is 173 g/mol. The van der Waals surface area contributed by atoms with Crippen LogP contribution in [0.1, 0.15) is 40.5 Å². The van der Waals surface area contributed by atoms with Crippen molar-refractivity contribution in [3.8, 4) is 0 Å². The number of piperidine rings is 1. The van der Waals surface area contributed by atoms with Crippen LogP contribution in [0.25, 0.3) is 0 Å². The lowest BCUT2D eigenvalue weighted by molar-refractivity contribution is -0.00390. The van der Waals surface area contributed by atoms with E-state index in [2.05, 4.69) is 11.8 Å². The second kappa shape index (κ2) is 5.55. The lowest BCUT2D eigenvalue weighted by Crippen LogP contribution is -2.42.